The van der Waals surface area contributed by atoms with Crippen molar-refractivity contribution in [3.8, 4) is 5.75 Å². The van der Waals surface area contributed by atoms with E-state index in [1.54, 1.807) is 13.3 Å². The third-order valence-electron chi connectivity index (χ3n) is 3.91. The molecule has 1 aliphatic heterocycles. The van der Waals surface area contributed by atoms with Gasteiger partial charge in [0.25, 0.3) is 0 Å². The highest BCUT2D eigenvalue weighted by atomic mass is 16.5. The smallest absolute Gasteiger partial charge is 0.122 e. The summed E-state index contributed by atoms with van der Waals surface area (Å²) in [5.74, 6) is 0.846. The van der Waals surface area contributed by atoms with Crippen molar-refractivity contribution in [2.75, 3.05) is 26.8 Å². The van der Waals surface area contributed by atoms with Gasteiger partial charge in [-0.1, -0.05) is 0 Å². The number of methoxy groups -OCH3 is 1. The molecule has 1 atom stereocenters. The van der Waals surface area contributed by atoms with E-state index in [9.17, 15) is 0 Å². The summed E-state index contributed by atoms with van der Waals surface area (Å²) in [6.45, 7) is 6.26. The SMILES string of the molecule is CCn1cc(C2CN(Cc3cc(OC)ccn3)CCO2)cn1. The van der Waals surface area contributed by atoms with Gasteiger partial charge >= 0.3 is 0 Å². The Morgan fingerprint density at radius 1 is 1.45 bits per heavy atom. The number of aromatic nitrogens is 3. The molecule has 1 fully saturated rings. The van der Waals surface area contributed by atoms with Crippen LogP contribution in [0.3, 0.4) is 0 Å². The molecule has 118 valence electrons. The van der Waals surface area contributed by atoms with E-state index in [4.69, 9.17) is 9.47 Å². The molecule has 6 heteroatoms. The molecule has 3 rings (SSSR count). The second-order valence-corrected chi connectivity index (χ2v) is 5.41. The van der Waals surface area contributed by atoms with Crippen LogP contribution in [0, 0.1) is 0 Å². The van der Waals surface area contributed by atoms with E-state index in [0.717, 1.165) is 49.8 Å². The number of nitrogens with zero attached hydrogens (tertiary/aromatic N) is 4. The van der Waals surface area contributed by atoms with Gasteiger partial charge in [0, 0.05) is 50.2 Å². The van der Waals surface area contributed by atoms with Gasteiger partial charge in [-0.15, -0.1) is 0 Å². The zero-order valence-corrected chi connectivity index (χ0v) is 13.1. The zero-order valence-electron chi connectivity index (χ0n) is 13.1. The maximum atomic E-state index is 5.89. The average molecular weight is 302 g/mol. The molecule has 0 amide bonds. The van der Waals surface area contributed by atoms with E-state index in [1.165, 1.54) is 0 Å². The summed E-state index contributed by atoms with van der Waals surface area (Å²) in [6, 6.07) is 3.85. The Hall–Kier alpha value is -1.92. The molecule has 0 saturated carbocycles. The molecule has 3 heterocycles. The van der Waals surface area contributed by atoms with E-state index >= 15 is 0 Å². The van der Waals surface area contributed by atoms with Crippen molar-refractivity contribution in [3.63, 3.8) is 0 Å². The number of ether oxygens (including phenoxy) is 2. The number of aryl methyl sites for hydroxylation is 1. The van der Waals surface area contributed by atoms with Crippen LogP contribution in [0.15, 0.2) is 30.7 Å². The molecule has 2 aromatic rings. The van der Waals surface area contributed by atoms with Gasteiger partial charge in [0.15, 0.2) is 0 Å². The summed E-state index contributed by atoms with van der Waals surface area (Å²) in [5, 5.41) is 4.33. The monoisotopic (exact) mass is 302 g/mol. The molecular formula is C16H22N4O2. The lowest BCUT2D eigenvalue weighted by Crippen LogP contribution is -2.37. The predicted molar refractivity (Wildman–Crippen MR) is 82.7 cm³/mol. The molecule has 0 aliphatic carbocycles. The molecule has 6 nitrogen and oxygen atoms in total. The lowest BCUT2D eigenvalue weighted by Gasteiger charge is -2.32. The fourth-order valence-electron chi connectivity index (χ4n) is 2.67. The molecule has 1 aliphatic rings. The van der Waals surface area contributed by atoms with Crippen LogP contribution in [0.2, 0.25) is 0 Å². The first-order valence-electron chi connectivity index (χ1n) is 7.63. The highest BCUT2D eigenvalue weighted by Gasteiger charge is 2.23. The number of rotatable bonds is 5. The third-order valence-corrected chi connectivity index (χ3v) is 3.91. The highest BCUT2D eigenvalue weighted by molar-refractivity contribution is 5.22. The van der Waals surface area contributed by atoms with Crippen LogP contribution in [-0.4, -0.2) is 46.5 Å². The predicted octanol–water partition coefficient (Wildman–Crippen LogP) is 1.88. The number of morpholine rings is 1. The van der Waals surface area contributed by atoms with E-state index in [0.29, 0.717) is 0 Å². The Bertz CT molecular complexity index is 614. The Kier molecular flexibility index (Phi) is 4.70. The van der Waals surface area contributed by atoms with Gasteiger partial charge < -0.3 is 9.47 Å². The van der Waals surface area contributed by atoms with Crippen LogP contribution in [0.5, 0.6) is 5.75 Å². The van der Waals surface area contributed by atoms with Crippen LogP contribution in [0.1, 0.15) is 24.3 Å². The molecular weight excluding hydrogens is 280 g/mol. The van der Waals surface area contributed by atoms with Crippen molar-refractivity contribution < 1.29 is 9.47 Å². The topological polar surface area (TPSA) is 52.4 Å². The molecule has 0 aromatic carbocycles. The Balaban J connectivity index is 1.65. The van der Waals surface area contributed by atoms with E-state index in [2.05, 4.69) is 28.1 Å². The largest absolute Gasteiger partial charge is 0.497 e. The standard InChI is InChI=1S/C16H22N4O2/c1-3-20-10-13(9-18-20)16-12-19(6-7-22-16)11-14-8-15(21-2)4-5-17-14/h4-5,8-10,16H,3,6-7,11-12H2,1-2H3. The molecule has 22 heavy (non-hydrogen) atoms. The Labute approximate surface area is 130 Å². The minimum atomic E-state index is 0.0830. The Morgan fingerprint density at radius 3 is 3.14 bits per heavy atom. The quantitative estimate of drug-likeness (QED) is 0.844. The Morgan fingerprint density at radius 2 is 2.36 bits per heavy atom. The third kappa shape index (κ3) is 3.45. The molecule has 1 unspecified atom stereocenters. The van der Waals surface area contributed by atoms with Crippen molar-refractivity contribution >= 4 is 0 Å². The van der Waals surface area contributed by atoms with Crippen LogP contribution < -0.4 is 4.74 Å². The van der Waals surface area contributed by atoms with Gasteiger partial charge in [0.05, 0.1) is 31.7 Å². The van der Waals surface area contributed by atoms with Crippen LogP contribution in [-0.2, 0) is 17.8 Å². The fourth-order valence-corrected chi connectivity index (χ4v) is 2.67. The lowest BCUT2D eigenvalue weighted by molar-refractivity contribution is -0.0333. The number of pyridine rings is 1. The molecule has 0 radical (unpaired) electrons. The van der Waals surface area contributed by atoms with Crippen molar-refractivity contribution in [2.24, 2.45) is 0 Å². The van der Waals surface area contributed by atoms with Crippen LogP contribution in [0.25, 0.3) is 0 Å². The minimum Gasteiger partial charge on any atom is -0.497 e. The highest BCUT2D eigenvalue weighted by Crippen LogP contribution is 2.23. The average Bonchev–Trinajstić information content (AvgIpc) is 3.04. The summed E-state index contributed by atoms with van der Waals surface area (Å²) in [4.78, 5) is 6.78. The summed E-state index contributed by atoms with van der Waals surface area (Å²) in [5.41, 5.74) is 2.16. The zero-order chi connectivity index (χ0) is 15.4. The summed E-state index contributed by atoms with van der Waals surface area (Å²) >= 11 is 0. The maximum absolute atomic E-state index is 5.89. The lowest BCUT2D eigenvalue weighted by atomic mass is 10.1. The van der Waals surface area contributed by atoms with Crippen molar-refractivity contribution in [3.05, 3.63) is 42.0 Å². The van der Waals surface area contributed by atoms with E-state index < -0.39 is 0 Å². The fraction of sp³-hybridized carbons (Fsp3) is 0.500. The summed E-state index contributed by atoms with van der Waals surface area (Å²) in [7, 11) is 1.68. The van der Waals surface area contributed by atoms with Gasteiger partial charge in [-0.25, -0.2) is 0 Å². The van der Waals surface area contributed by atoms with Crippen LogP contribution >= 0.6 is 0 Å². The first kappa shape index (κ1) is 15.0. The molecule has 0 N–H and O–H groups in total. The van der Waals surface area contributed by atoms with Gasteiger partial charge in [-0.2, -0.15) is 5.10 Å². The first-order chi connectivity index (χ1) is 10.8. The first-order valence-corrected chi connectivity index (χ1v) is 7.63. The molecule has 2 aromatic heterocycles. The van der Waals surface area contributed by atoms with Crippen LogP contribution in [0.4, 0.5) is 0 Å². The van der Waals surface area contributed by atoms with Crippen molar-refractivity contribution in [1.29, 1.82) is 0 Å². The van der Waals surface area contributed by atoms with E-state index in [-0.39, 0.29) is 6.10 Å². The summed E-state index contributed by atoms with van der Waals surface area (Å²) in [6.07, 6.45) is 5.84. The number of hydrogen-bond donors (Lipinski definition) is 0. The normalized spacial score (nSPS) is 19.3. The van der Waals surface area contributed by atoms with Gasteiger partial charge in [0.2, 0.25) is 0 Å². The van der Waals surface area contributed by atoms with Crippen molar-refractivity contribution in [1.82, 2.24) is 19.7 Å². The second-order valence-electron chi connectivity index (χ2n) is 5.41. The van der Waals surface area contributed by atoms with Crippen molar-refractivity contribution in [2.45, 2.75) is 26.1 Å². The molecule has 0 bridgehead atoms. The molecule has 1 saturated heterocycles. The van der Waals surface area contributed by atoms with Gasteiger partial charge in [0.1, 0.15) is 5.75 Å². The summed E-state index contributed by atoms with van der Waals surface area (Å²) < 4.78 is 13.1. The molecule has 0 spiro atoms. The maximum Gasteiger partial charge on any atom is 0.122 e. The van der Waals surface area contributed by atoms with Gasteiger partial charge in [-0.05, 0) is 13.0 Å². The van der Waals surface area contributed by atoms with Gasteiger partial charge in [-0.3, -0.25) is 14.6 Å². The van der Waals surface area contributed by atoms with E-state index in [1.807, 2.05) is 23.0 Å². The second kappa shape index (κ2) is 6.89. The minimum absolute atomic E-state index is 0.0830. The number of hydrogen-bond acceptors (Lipinski definition) is 5.